The number of hydrogen-bond donors (Lipinski definition) is 1. The highest BCUT2D eigenvalue weighted by atomic mass is 79.9. The zero-order chi connectivity index (χ0) is 15.6. The molecular weight excluding hydrogens is 330 g/mol. The van der Waals surface area contributed by atoms with E-state index in [2.05, 4.69) is 40.9 Å². The van der Waals surface area contributed by atoms with E-state index in [1.165, 1.54) is 0 Å². The summed E-state index contributed by atoms with van der Waals surface area (Å²) in [7, 11) is 1.69. The Balaban J connectivity index is 2.39. The monoisotopic (exact) mass is 351 g/mol. The molecule has 1 unspecified atom stereocenters. The molecule has 1 atom stereocenters. The number of nitrogens with two attached hydrogens (primary N) is 1. The molecule has 21 heavy (non-hydrogen) atoms. The smallest absolute Gasteiger partial charge is 0.124 e. The van der Waals surface area contributed by atoms with E-state index >= 15 is 0 Å². The Morgan fingerprint density at radius 1 is 1.38 bits per heavy atom. The van der Waals surface area contributed by atoms with Crippen molar-refractivity contribution in [1.82, 2.24) is 9.78 Å². The van der Waals surface area contributed by atoms with Crippen LogP contribution >= 0.6 is 15.9 Å². The van der Waals surface area contributed by atoms with Crippen LogP contribution in [0.4, 0.5) is 0 Å². The third-order valence-corrected chi connectivity index (χ3v) is 4.30. The molecule has 1 aromatic heterocycles. The lowest BCUT2D eigenvalue weighted by atomic mass is 10.0. The molecule has 0 aliphatic heterocycles. The molecule has 0 aliphatic rings. The van der Waals surface area contributed by atoms with Gasteiger partial charge in [-0.3, -0.25) is 4.68 Å². The van der Waals surface area contributed by atoms with Crippen LogP contribution in [0.2, 0.25) is 0 Å². The predicted molar refractivity (Wildman–Crippen MR) is 88.7 cm³/mol. The lowest BCUT2D eigenvalue weighted by Gasteiger charge is -2.12. The second kappa shape index (κ2) is 6.62. The number of benzene rings is 1. The van der Waals surface area contributed by atoms with Gasteiger partial charge >= 0.3 is 0 Å². The fraction of sp³-hybridized carbons (Fsp3) is 0.438. The normalized spacial score (nSPS) is 12.5. The zero-order valence-electron chi connectivity index (χ0n) is 13.0. The summed E-state index contributed by atoms with van der Waals surface area (Å²) in [5.41, 5.74) is 10.6. The molecule has 0 amide bonds. The first-order chi connectivity index (χ1) is 9.97. The predicted octanol–water partition coefficient (Wildman–Crippen LogP) is 3.73. The highest BCUT2D eigenvalue weighted by Gasteiger charge is 2.17. The summed E-state index contributed by atoms with van der Waals surface area (Å²) >= 11 is 3.51. The molecule has 2 aromatic rings. The third-order valence-electron chi connectivity index (χ3n) is 3.81. The lowest BCUT2D eigenvalue weighted by Crippen LogP contribution is -2.11. The van der Waals surface area contributed by atoms with E-state index in [1.807, 2.05) is 23.7 Å². The molecule has 0 bridgehead atoms. The number of hydrogen-bond acceptors (Lipinski definition) is 3. The fourth-order valence-electron chi connectivity index (χ4n) is 2.64. The van der Waals surface area contributed by atoms with Gasteiger partial charge < -0.3 is 10.5 Å². The average Bonchev–Trinajstić information content (AvgIpc) is 2.73. The Morgan fingerprint density at radius 2 is 2.10 bits per heavy atom. The molecule has 0 aliphatic carbocycles. The minimum atomic E-state index is 0.0446. The van der Waals surface area contributed by atoms with Crippen molar-refractivity contribution in [3.63, 3.8) is 0 Å². The number of halogens is 1. The van der Waals surface area contributed by atoms with Crippen LogP contribution in [0.3, 0.4) is 0 Å². The van der Waals surface area contributed by atoms with Gasteiger partial charge in [-0.15, -0.1) is 0 Å². The molecule has 0 saturated carbocycles. The summed E-state index contributed by atoms with van der Waals surface area (Å²) < 4.78 is 8.47. The second-order valence-electron chi connectivity index (χ2n) is 5.21. The van der Waals surface area contributed by atoms with Gasteiger partial charge in [0.1, 0.15) is 5.75 Å². The highest BCUT2D eigenvalue weighted by Crippen LogP contribution is 2.26. The van der Waals surface area contributed by atoms with Crippen molar-refractivity contribution in [3.8, 4) is 5.75 Å². The van der Waals surface area contributed by atoms with Gasteiger partial charge in [-0.05, 0) is 38.5 Å². The van der Waals surface area contributed by atoms with Crippen molar-refractivity contribution >= 4 is 15.9 Å². The van der Waals surface area contributed by atoms with Crippen LogP contribution < -0.4 is 10.5 Å². The molecule has 1 heterocycles. The quantitative estimate of drug-likeness (QED) is 0.892. The number of aryl methyl sites for hydroxylation is 1. The van der Waals surface area contributed by atoms with Gasteiger partial charge in [0.2, 0.25) is 0 Å². The van der Waals surface area contributed by atoms with E-state index in [0.29, 0.717) is 6.54 Å². The minimum Gasteiger partial charge on any atom is -0.496 e. The molecule has 1 aromatic carbocycles. The maximum atomic E-state index is 6.20. The van der Waals surface area contributed by atoms with Gasteiger partial charge in [0.05, 0.1) is 19.3 Å². The Bertz CT molecular complexity index is 637. The van der Waals surface area contributed by atoms with Crippen LogP contribution in [-0.4, -0.2) is 16.9 Å². The van der Waals surface area contributed by atoms with Crippen molar-refractivity contribution in [2.24, 2.45) is 5.73 Å². The van der Waals surface area contributed by atoms with Crippen LogP contribution in [0.5, 0.6) is 5.75 Å². The summed E-state index contributed by atoms with van der Waals surface area (Å²) in [4.78, 5) is 0. The summed E-state index contributed by atoms with van der Waals surface area (Å²) in [5, 5.41) is 4.65. The first-order valence-electron chi connectivity index (χ1n) is 7.09. The van der Waals surface area contributed by atoms with Crippen molar-refractivity contribution in [2.75, 3.05) is 7.11 Å². The van der Waals surface area contributed by atoms with Crippen LogP contribution in [0.15, 0.2) is 22.7 Å². The molecule has 2 rings (SSSR count). The maximum absolute atomic E-state index is 6.20. The van der Waals surface area contributed by atoms with Gasteiger partial charge in [-0.2, -0.15) is 5.10 Å². The Hall–Kier alpha value is -1.33. The van der Waals surface area contributed by atoms with Crippen LogP contribution in [0.1, 0.15) is 41.9 Å². The minimum absolute atomic E-state index is 0.0446. The van der Waals surface area contributed by atoms with Gasteiger partial charge in [-0.1, -0.05) is 22.9 Å². The van der Waals surface area contributed by atoms with Crippen LogP contribution in [-0.2, 0) is 6.54 Å². The van der Waals surface area contributed by atoms with Crippen LogP contribution in [0, 0.1) is 13.8 Å². The van der Waals surface area contributed by atoms with E-state index in [1.54, 1.807) is 7.11 Å². The molecule has 0 radical (unpaired) electrons. The van der Waals surface area contributed by atoms with Gasteiger partial charge in [-0.25, -0.2) is 0 Å². The molecule has 0 fully saturated rings. The van der Waals surface area contributed by atoms with Crippen molar-refractivity contribution in [2.45, 2.75) is 39.8 Å². The van der Waals surface area contributed by atoms with Gasteiger partial charge in [0.25, 0.3) is 0 Å². The number of aromatic nitrogens is 2. The Morgan fingerprint density at radius 3 is 2.71 bits per heavy atom. The number of methoxy groups -OCH3 is 1. The van der Waals surface area contributed by atoms with Crippen LogP contribution in [0.25, 0.3) is 0 Å². The zero-order valence-corrected chi connectivity index (χ0v) is 14.6. The topological polar surface area (TPSA) is 53.1 Å². The molecule has 0 saturated heterocycles. The van der Waals surface area contributed by atoms with Gasteiger partial charge in [0, 0.05) is 27.3 Å². The largest absolute Gasteiger partial charge is 0.496 e. The lowest BCUT2D eigenvalue weighted by molar-refractivity contribution is 0.407. The second-order valence-corrected chi connectivity index (χ2v) is 6.13. The fourth-order valence-corrected chi connectivity index (χ4v) is 3.05. The molecule has 5 heteroatoms. The first kappa shape index (κ1) is 16.0. The average molecular weight is 352 g/mol. The summed E-state index contributed by atoms with van der Waals surface area (Å²) in [6.07, 6.45) is 0.910. The number of nitrogens with zero attached hydrogens (tertiary/aromatic N) is 2. The SMILES string of the molecule is CCC(N)c1c(C)nn(Cc2cc(Br)ccc2OC)c1C. The molecular formula is C16H22BrN3O. The molecule has 2 N–H and O–H groups in total. The summed E-state index contributed by atoms with van der Waals surface area (Å²) in [5.74, 6) is 0.868. The van der Waals surface area contributed by atoms with Crippen molar-refractivity contribution in [3.05, 3.63) is 45.2 Å². The highest BCUT2D eigenvalue weighted by molar-refractivity contribution is 9.10. The summed E-state index contributed by atoms with van der Waals surface area (Å²) in [6.45, 7) is 6.87. The Labute approximate surface area is 134 Å². The van der Waals surface area contributed by atoms with Crippen molar-refractivity contribution < 1.29 is 4.74 Å². The molecule has 0 spiro atoms. The van der Waals surface area contributed by atoms with E-state index in [4.69, 9.17) is 10.5 Å². The number of rotatable bonds is 5. The van der Waals surface area contributed by atoms with E-state index in [9.17, 15) is 0 Å². The maximum Gasteiger partial charge on any atom is 0.124 e. The van der Waals surface area contributed by atoms with E-state index in [0.717, 1.165) is 39.2 Å². The molecule has 4 nitrogen and oxygen atoms in total. The van der Waals surface area contributed by atoms with E-state index in [-0.39, 0.29) is 6.04 Å². The first-order valence-corrected chi connectivity index (χ1v) is 7.89. The van der Waals surface area contributed by atoms with E-state index < -0.39 is 0 Å². The third kappa shape index (κ3) is 3.30. The molecule has 114 valence electrons. The van der Waals surface area contributed by atoms with Crippen molar-refractivity contribution in [1.29, 1.82) is 0 Å². The number of ether oxygens (including phenoxy) is 1. The standard InChI is InChI=1S/C16H22BrN3O/c1-5-14(18)16-10(2)19-20(11(16)3)9-12-8-13(17)6-7-15(12)21-4/h6-8,14H,5,9,18H2,1-4H3. The summed E-state index contributed by atoms with van der Waals surface area (Å²) in [6, 6.07) is 6.05. The Kier molecular flexibility index (Phi) is 5.06. The van der Waals surface area contributed by atoms with Gasteiger partial charge in [0.15, 0.2) is 0 Å².